The van der Waals surface area contributed by atoms with Crippen molar-refractivity contribution in [1.29, 1.82) is 0 Å². The van der Waals surface area contributed by atoms with Crippen LogP contribution in [-0.4, -0.2) is 17.3 Å². The van der Waals surface area contributed by atoms with Crippen LogP contribution >= 0.6 is 15.9 Å². The maximum atomic E-state index is 13.9. The van der Waals surface area contributed by atoms with Crippen LogP contribution in [0.5, 0.6) is 0 Å². The standard InChI is InChI=1S/C29H37BrO3/c1-17(4-5-18-6-8-20(30)9-7-18)22-10-11-23-27-24(16-26(33)29(22,23)3)28(2)13-12-21(31)14-19(28)15-25(27)32/h6-9,17,19,22-24,27H,4-5,10-16H2,1-3H3/t17-,19+,22-,23+,24+,27+,28+,29-/m1/s1. The zero-order chi connectivity index (χ0) is 23.5. The van der Waals surface area contributed by atoms with E-state index in [1.165, 1.54) is 5.56 Å². The molecule has 1 aromatic rings. The SMILES string of the molecule is C[C@H](CCc1ccc(Br)cc1)[C@H]1CC[C@H]2[C@@H]3C(=O)C[C@@H]4CC(=O)CC[C@]4(C)[C@H]3CC(=O)[C@]12C. The lowest BCUT2D eigenvalue weighted by molar-refractivity contribution is -0.166. The molecule has 0 heterocycles. The van der Waals surface area contributed by atoms with E-state index in [2.05, 4.69) is 61.0 Å². The Balaban J connectivity index is 1.37. The van der Waals surface area contributed by atoms with Gasteiger partial charge in [-0.25, -0.2) is 0 Å². The van der Waals surface area contributed by atoms with Gasteiger partial charge in [0, 0.05) is 41.5 Å². The van der Waals surface area contributed by atoms with E-state index in [0.29, 0.717) is 54.9 Å². The lowest BCUT2D eigenvalue weighted by atomic mass is 9.44. The molecular weight excluding hydrogens is 476 g/mol. The lowest BCUT2D eigenvalue weighted by Crippen LogP contribution is -2.60. The van der Waals surface area contributed by atoms with Crippen LogP contribution in [0, 0.1) is 46.3 Å². The minimum atomic E-state index is -0.371. The van der Waals surface area contributed by atoms with Gasteiger partial charge in [-0.2, -0.15) is 0 Å². The zero-order valence-electron chi connectivity index (χ0n) is 20.2. The summed E-state index contributed by atoms with van der Waals surface area (Å²) < 4.78 is 1.10. The first-order valence-corrected chi connectivity index (χ1v) is 13.8. The first kappa shape index (κ1) is 23.5. The van der Waals surface area contributed by atoms with Crippen LogP contribution in [0.25, 0.3) is 0 Å². The van der Waals surface area contributed by atoms with E-state index in [0.717, 1.165) is 36.6 Å². The quantitative estimate of drug-likeness (QED) is 0.456. The molecule has 8 atom stereocenters. The van der Waals surface area contributed by atoms with E-state index in [1.54, 1.807) is 0 Å². The summed E-state index contributed by atoms with van der Waals surface area (Å²) in [6, 6.07) is 8.55. The van der Waals surface area contributed by atoms with Gasteiger partial charge in [0.2, 0.25) is 0 Å². The predicted molar refractivity (Wildman–Crippen MR) is 133 cm³/mol. The zero-order valence-corrected chi connectivity index (χ0v) is 21.8. The molecule has 0 amide bonds. The molecule has 0 bridgehead atoms. The maximum Gasteiger partial charge on any atom is 0.139 e. The highest BCUT2D eigenvalue weighted by molar-refractivity contribution is 9.10. The largest absolute Gasteiger partial charge is 0.300 e. The van der Waals surface area contributed by atoms with Crippen molar-refractivity contribution in [2.24, 2.45) is 46.3 Å². The van der Waals surface area contributed by atoms with Crippen LogP contribution in [0.1, 0.15) is 77.7 Å². The Hall–Kier alpha value is -1.29. The van der Waals surface area contributed by atoms with Crippen LogP contribution in [-0.2, 0) is 20.8 Å². The molecule has 0 saturated heterocycles. The van der Waals surface area contributed by atoms with Gasteiger partial charge in [-0.3, -0.25) is 14.4 Å². The maximum absolute atomic E-state index is 13.9. The summed E-state index contributed by atoms with van der Waals surface area (Å²) in [5.41, 5.74) is 0.936. The second-order valence-corrected chi connectivity index (χ2v) is 13.0. The third kappa shape index (κ3) is 3.70. The summed E-state index contributed by atoms with van der Waals surface area (Å²) in [6.07, 6.45) is 7.27. The van der Waals surface area contributed by atoms with Gasteiger partial charge in [0.05, 0.1) is 0 Å². The molecule has 5 rings (SSSR count). The average Bonchev–Trinajstić information content (AvgIpc) is 3.14. The predicted octanol–water partition coefficient (Wildman–Crippen LogP) is 6.60. The van der Waals surface area contributed by atoms with Crippen LogP contribution in [0.4, 0.5) is 0 Å². The van der Waals surface area contributed by atoms with Crippen LogP contribution < -0.4 is 0 Å². The number of benzene rings is 1. The lowest BCUT2D eigenvalue weighted by Gasteiger charge is -2.58. The smallest absolute Gasteiger partial charge is 0.139 e. The third-order valence-corrected chi connectivity index (χ3v) is 11.2. The van der Waals surface area contributed by atoms with Gasteiger partial charge in [0.15, 0.2) is 0 Å². The second-order valence-electron chi connectivity index (χ2n) is 12.1. The van der Waals surface area contributed by atoms with Crippen molar-refractivity contribution >= 4 is 33.3 Å². The van der Waals surface area contributed by atoms with Gasteiger partial charge in [-0.15, -0.1) is 0 Å². The van der Waals surface area contributed by atoms with Gasteiger partial charge in [0.1, 0.15) is 17.3 Å². The van der Waals surface area contributed by atoms with E-state index in [9.17, 15) is 14.4 Å². The Bertz CT molecular complexity index is 968. The molecule has 1 aromatic carbocycles. The topological polar surface area (TPSA) is 51.2 Å². The minimum Gasteiger partial charge on any atom is -0.300 e. The van der Waals surface area contributed by atoms with E-state index in [-0.39, 0.29) is 34.5 Å². The fourth-order valence-corrected chi connectivity index (χ4v) is 8.90. The number of carbonyl (C=O) groups excluding carboxylic acids is 3. The van der Waals surface area contributed by atoms with E-state index in [1.807, 2.05) is 0 Å². The molecule has 0 radical (unpaired) electrons. The molecular formula is C29H37BrO3. The second kappa shape index (κ2) is 8.43. The third-order valence-electron chi connectivity index (χ3n) is 10.7. The highest BCUT2D eigenvalue weighted by Crippen LogP contribution is 2.66. The fraction of sp³-hybridized carbons (Fsp3) is 0.690. The van der Waals surface area contributed by atoms with Crippen LogP contribution in [0.3, 0.4) is 0 Å². The number of carbonyl (C=O) groups is 3. The number of aryl methyl sites for hydroxylation is 1. The van der Waals surface area contributed by atoms with E-state index < -0.39 is 0 Å². The van der Waals surface area contributed by atoms with E-state index >= 15 is 0 Å². The number of hydrogen-bond donors (Lipinski definition) is 0. The molecule has 4 heteroatoms. The Morgan fingerprint density at radius 1 is 1.00 bits per heavy atom. The molecule has 0 N–H and O–H groups in total. The Morgan fingerprint density at radius 3 is 2.45 bits per heavy atom. The monoisotopic (exact) mass is 512 g/mol. The van der Waals surface area contributed by atoms with E-state index in [4.69, 9.17) is 0 Å². The molecule has 0 aliphatic heterocycles. The molecule has 4 aliphatic rings. The molecule has 178 valence electrons. The van der Waals surface area contributed by atoms with Gasteiger partial charge in [0.25, 0.3) is 0 Å². The Kier molecular flexibility index (Phi) is 5.99. The molecule has 3 nitrogen and oxygen atoms in total. The fourth-order valence-electron chi connectivity index (χ4n) is 8.64. The highest BCUT2D eigenvalue weighted by Gasteiger charge is 2.66. The van der Waals surface area contributed by atoms with Gasteiger partial charge < -0.3 is 0 Å². The van der Waals surface area contributed by atoms with Crippen molar-refractivity contribution in [3.8, 4) is 0 Å². The van der Waals surface area contributed by atoms with Gasteiger partial charge >= 0.3 is 0 Å². The average molecular weight is 514 g/mol. The number of halogens is 1. The van der Waals surface area contributed by atoms with Crippen molar-refractivity contribution < 1.29 is 14.4 Å². The van der Waals surface area contributed by atoms with Crippen molar-refractivity contribution in [2.75, 3.05) is 0 Å². The van der Waals surface area contributed by atoms with Crippen LogP contribution in [0.15, 0.2) is 28.7 Å². The van der Waals surface area contributed by atoms with Crippen molar-refractivity contribution in [1.82, 2.24) is 0 Å². The molecule has 0 unspecified atom stereocenters. The molecule has 4 aliphatic carbocycles. The van der Waals surface area contributed by atoms with Gasteiger partial charge in [-0.1, -0.05) is 48.8 Å². The summed E-state index contributed by atoms with van der Waals surface area (Å²) in [5.74, 6) is 2.36. The number of hydrogen-bond acceptors (Lipinski definition) is 3. The van der Waals surface area contributed by atoms with Crippen molar-refractivity contribution in [2.45, 2.75) is 78.6 Å². The first-order chi connectivity index (χ1) is 15.6. The molecule has 4 fully saturated rings. The van der Waals surface area contributed by atoms with Crippen molar-refractivity contribution in [3.63, 3.8) is 0 Å². The molecule has 4 saturated carbocycles. The summed E-state index contributed by atoms with van der Waals surface area (Å²) in [6.45, 7) is 6.82. The first-order valence-electron chi connectivity index (χ1n) is 13.0. The van der Waals surface area contributed by atoms with Gasteiger partial charge in [-0.05, 0) is 84.8 Å². The number of ketones is 3. The number of Topliss-reactive ketones (excluding diaryl/α,β-unsaturated/α-hetero) is 3. The summed E-state index contributed by atoms with van der Waals surface area (Å²) >= 11 is 3.51. The summed E-state index contributed by atoms with van der Waals surface area (Å²) in [4.78, 5) is 39.5. The number of fused-ring (bicyclic) bond motifs is 5. The minimum absolute atomic E-state index is 0.0193. The Morgan fingerprint density at radius 2 is 1.73 bits per heavy atom. The Labute approximate surface area is 206 Å². The summed E-state index contributed by atoms with van der Waals surface area (Å²) in [5, 5.41) is 0. The molecule has 0 aromatic heterocycles. The number of rotatable bonds is 4. The van der Waals surface area contributed by atoms with Crippen molar-refractivity contribution in [3.05, 3.63) is 34.3 Å². The molecule has 0 spiro atoms. The summed E-state index contributed by atoms with van der Waals surface area (Å²) in [7, 11) is 0. The normalized spacial score (nSPS) is 41.3. The molecule has 33 heavy (non-hydrogen) atoms. The highest BCUT2D eigenvalue weighted by atomic mass is 79.9. The van der Waals surface area contributed by atoms with Crippen LogP contribution in [0.2, 0.25) is 0 Å².